The molecule has 1 atom stereocenters. The zero-order valence-electron chi connectivity index (χ0n) is 13.3. The van der Waals surface area contributed by atoms with Crippen LogP contribution in [0.3, 0.4) is 0 Å². The van der Waals surface area contributed by atoms with Crippen molar-refractivity contribution in [3.63, 3.8) is 0 Å². The number of nitrogens with zero attached hydrogens (tertiary/aromatic N) is 2. The van der Waals surface area contributed by atoms with E-state index in [0.717, 1.165) is 44.0 Å². The zero-order chi connectivity index (χ0) is 15.4. The van der Waals surface area contributed by atoms with Crippen LogP contribution in [0.2, 0.25) is 0 Å². The van der Waals surface area contributed by atoms with E-state index in [9.17, 15) is 4.79 Å². The molecule has 5 heteroatoms. The van der Waals surface area contributed by atoms with Crippen molar-refractivity contribution in [2.45, 2.75) is 13.0 Å². The molecule has 0 saturated carbocycles. The highest BCUT2D eigenvalue weighted by atomic mass is 16.5. The monoisotopic (exact) mass is 303 g/mol. The van der Waals surface area contributed by atoms with Crippen molar-refractivity contribution in [1.82, 2.24) is 15.1 Å². The maximum absolute atomic E-state index is 12.4. The molecule has 2 aliphatic heterocycles. The summed E-state index contributed by atoms with van der Waals surface area (Å²) in [5.41, 5.74) is 1.13. The zero-order valence-corrected chi connectivity index (χ0v) is 13.3. The highest BCUT2D eigenvalue weighted by molar-refractivity contribution is 5.79. The van der Waals surface area contributed by atoms with Gasteiger partial charge < -0.3 is 15.0 Å². The molecule has 1 aromatic carbocycles. The van der Waals surface area contributed by atoms with Crippen molar-refractivity contribution in [2.24, 2.45) is 5.92 Å². The van der Waals surface area contributed by atoms with Crippen molar-refractivity contribution in [3.05, 3.63) is 29.8 Å². The molecule has 2 saturated heterocycles. The summed E-state index contributed by atoms with van der Waals surface area (Å²) in [6.07, 6.45) is 1.23. The molecule has 22 heavy (non-hydrogen) atoms. The molecule has 0 aromatic heterocycles. The first kappa shape index (κ1) is 15.3. The van der Waals surface area contributed by atoms with Crippen molar-refractivity contribution < 1.29 is 9.53 Å². The van der Waals surface area contributed by atoms with Crippen LogP contribution in [0.4, 0.5) is 0 Å². The SMILES string of the molecule is COc1cccc(CN2CCN(C[C@@H]3CCNC3)CC2=O)c1. The molecule has 0 aliphatic carbocycles. The van der Waals surface area contributed by atoms with Gasteiger partial charge in [0.25, 0.3) is 0 Å². The summed E-state index contributed by atoms with van der Waals surface area (Å²) in [6.45, 7) is 6.29. The molecule has 1 N–H and O–H groups in total. The van der Waals surface area contributed by atoms with Gasteiger partial charge in [-0.15, -0.1) is 0 Å². The Hall–Kier alpha value is -1.59. The highest BCUT2D eigenvalue weighted by Gasteiger charge is 2.26. The number of hydrogen-bond acceptors (Lipinski definition) is 4. The summed E-state index contributed by atoms with van der Waals surface area (Å²) in [7, 11) is 1.67. The van der Waals surface area contributed by atoms with Crippen molar-refractivity contribution in [2.75, 3.05) is 46.4 Å². The lowest BCUT2D eigenvalue weighted by molar-refractivity contribution is -0.136. The Labute approximate surface area is 132 Å². The molecular weight excluding hydrogens is 278 g/mol. The van der Waals surface area contributed by atoms with Crippen LogP contribution in [0, 0.1) is 5.92 Å². The standard InChI is InChI=1S/C17H25N3O2/c1-22-16-4-2-3-14(9-16)12-20-8-7-19(13-17(20)21)11-15-5-6-18-10-15/h2-4,9,15,18H,5-8,10-13H2,1H3/t15-/m1/s1. The summed E-state index contributed by atoms with van der Waals surface area (Å²) in [5, 5.41) is 3.39. The minimum atomic E-state index is 0.236. The smallest absolute Gasteiger partial charge is 0.237 e. The number of methoxy groups -OCH3 is 1. The van der Waals surface area contributed by atoms with E-state index in [1.54, 1.807) is 7.11 Å². The minimum Gasteiger partial charge on any atom is -0.497 e. The number of benzene rings is 1. The number of carbonyl (C=O) groups is 1. The second kappa shape index (κ2) is 7.11. The minimum absolute atomic E-state index is 0.236. The van der Waals surface area contributed by atoms with Crippen molar-refractivity contribution in [3.8, 4) is 5.75 Å². The molecule has 2 aliphatic rings. The lowest BCUT2D eigenvalue weighted by atomic mass is 10.1. The normalized spacial score (nSPS) is 23.0. The number of piperazine rings is 1. The summed E-state index contributed by atoms with van der Waals surface area (Å²) >= 11 is 0. The van der Waals surface area contributed by atoms with Gasteiger partial charge in [0, 0.05) is 26.2 Å². The first-order chi connectivity index (χ1) is 10.7. The number of ether oxygens (including phenoxy) is 1. The number of carbonyl (C=O) groups excluding carboxylic acids is 1. The summed E-state index contributed by atoms with van der Waals surface area (Å²) < 4.78 is 5.24. The predicted octanol–water partition coefficient (Wildman–Crippen LogP) is 0.949. The van der Waals surface area contributed by atoms with E-state index in [1.807, 2.05) is 29.2 Å². The van der Waals surface area contributed by atoms with Gasteiger partial charge in [-0.2, -0.15) is 0 Å². The van der Waals surface area contributed by atoms with Gasteiger partial charge in [0.15, 0.2) is 0 Å². The van der Waals surface area contributed by atoms with E-state index in [2.05, 4.69) is 10.2 Å². The fourth-order valence-corrected chi connectivity index (χ4v) is 3.31. The molecule has 1 amide bonds. The van der Waals surface area contributed by atoms with Crippen LogP contribution in [0.15, 0.2) is 24.3 Å². The maximum Gasteiger partial charge on any atom is 0.237 e. The van der Waals surface area contributed by atoms with Gasteiger partial charge in [-0.3, -0.25) is 9.69 Å². The Kier molecular flexibility index (Phi) is 4.95. The Morgan fingerprint density at radius 1 is 1.36 bits per heavy atom. The van der Waals surface area contributed by atoms with Crippen LogP contribution >= 0.6 is 0 Å². The second-order valence-corrected chi connectivity index (χ2v) is 6.26. The van der Waals surface area contributed by atoms with Crippen LogP contribution in [-0.2, 0) is 11.3 Å². The number of amides is 1. The molecule has 0 unspecified atom stereocenters. The van der Waals surface area contributed by atoms with E-state index >= 15 is 0 Å². The quantitative estimate of drug-likeness (QED) is 0.880. The van der Waals surface area contributed by atoms with Crippen LogP contribution in [-0.4, -0.2) is 62.1 Å². The molecule has 3 rings (SSSR count). The fourth-order valence-electron chi connectivity index (χ4n) is 3.31. The number of nitrogens with one attached hydrogen (secondary N) is 1. The first-order valence-electron chi connectivity index (χ1n) is 8.08. The molecule has 2 heterocycles. The van der Waals surface area contributed by atoms with Gasteiger partial charge in [0.1, 0.15) is 5.75 Å². The molecule has 0 spiro atoms. The number of rotatable bonds is 5. The fraction of sp³-hybridized carbons (Fsp3) is 0.588. The van der Waals surface area contributed by atoms with E-state index in [0.29, 0.717) is 19.0 Å². The van der Waals surface area contributed by atoms with Crippen molar-refractivity contribution in [1.29, 1.82) is 0 Å². The maximum atomic E-state index is 12.4. The van der Waals surface area contributed by atoms with Gasteiger partial charge in [0.2, 0.25) is 5.91 Å². The van der Waals surface area contributed by atoms with Gasteiger partial charge in [0.05, 0.1) is 13.7 Å². The summed E-state index contributed by atoms with van der Waals surface area (Å²) in [6, 6.07) is 7.96. The Balaban J connectivity index is 1.52. The van der Waals surface area contributed by atoms with Crippen molar-refractivity contribution >= 4 is 5.91 Å². The summed E-state index contributed by atoms with van der Waals surface area (Å²) in [5.74, 6) is 1.79. The van der Waals surface area contributed by atoms with E-state index in [1.165, 1.54) is 6.42 Å². The first-order valence-corrected chi connectivity index (χ1v) is 8.08. The molecule has 0 radical (unpaired) electrons. The average molecular weight is 303 g/mol. The Morgan fingerprint density at radius 3 is 3.00 bits per heavy atom. The largest absolute Gasteiger partial charge is 0.497 e. The lowest BCUT2D eigenvalue weighted by Crippen LogP contribution is -2.51. The van der Waals surface area contributed by atoms with Gasteiger partial charge in [-0.1, -0.05) is 12.1 Å². The highest BCUT2D eigenvalue weighted by Crippen LogP contribution is 2.17. The second-order valence-electron chi connectivity index (χ2n) is 6.26. The van der Waals surface area contributed by atoms with E-state index in [4.69, 9.17) is 4.74 Å². The van der Waals surface area contributed by atoms with Gasteiger partial charge in [-0.05, 0) is 43.1 Å². The van der Waals surface area contributed by atoms with Crippen LogP contribution < -0.4 is 10.1 Å². The van der Waals surface area contributed by atoms with E-state index < -0.39 is 0 Å². The average Bonchev–Trinajstić information content (AvgIpc) is 3.03. The van der Waals surface area contributed by atoms with Crippen LogP contribution in [0.5, 0.6) is 5.75 Å². The molecule has 1 aromatic rings. The van der Waals surface area contributed by atoms with E-state index in [-0.39, 0.29) is 5.91 Å². The third kappa shape index (κ3) is 3.78. The third-order valence-corrected chi connectivity index (χ3v) is 4.58. The Morgan fingerprint density at radius 2 is 2.27 bits per heavy atom. The molecule has 2 fully saturated rings. The van der Waals surface area contributed by atoms with Crippen LogP contribution in [0.25, 0.3) is 0 Å². The lowest BCUT2D eigenvalue weighted by Gasteiger charge is -2.35. The van der Waals surface area contributed by atoms with Crippen LogP contribution in [0.1, 0.15) is 12.0 Å². The number of hydrogen-bond donors (Lipinski definition) is 1. The predicted molar refractivity (Wildman–Crippen MR) is 85.8 cm³/mol. The van der Waals surface area contributed by atoms with Gasteiger partial charge in [-0.25, -0.2) is 0 Å². The molecule has 120 valence electrons. The Bertz CT molecular complexity index is 514. The third-order valence-electron chi connectivity index (χ3n) is 4.58. The van der Waals surface area contributed by atoms with Gasteiger partial charge >= 0.3 is 0 Å². The molecular formula is C17H25N3O2. The molecule has 0 bridgehead atoms. The summed E-state index contributed by atoms with van der Waals surface area (Å²) in [4.78, 5) is 16.6. The molecule has 5 nitrogen and oxygen atoms in total. The topological polar surface area (TPSA) is 44.8 Å².